The van der Waals surface area contributed by atoms with Crippen molar-refractivity contribution in [3.8, 4) is 12.3 Å². The quantitative estimate of drug-likeness (QED) is 0.0142. The van der Waals surface area contributed by atoms with Crippen LogP contribution >= 0.6 is 81.7 Å². The molecule has 0 saturated carbocycles. The van der Waals surface area contributed by atoms with Gasteiger partial charge in [-0.2, -0.15) is 19.6 Å². The number of benzene rings is 3. The van der Waals surface area contributed by atoms with E-state index < -0.39 is 11.6 Å². The molecule has 20 nitrogen and oxygen atoms in total. The Morgan fingerprint density at radius 2 is 1.34 bits per heavy atom. The number of carbonyl (C=O) groups excluding carboxylic acids is 4. The molecule has 506 valence electrons. The molecule has 0 spiro atoms. The molecule has 5 rings (SSSR count). The molecule has 0 fully saturated rings. The van der Waals surface area contributed by atoms with Crippen molar-refractivity contribution in [2.45, 2.75) is 182 Å². The van der Waals surface area contributed by atoms with Crippen LogP contribution in [0.3, 0.4) is 0 Å². The Labute approximate surface area is 573 Å². The number of ether oxygens (including phenoxy) is 2. The summed E-state index contributed by atoms with van der Waals surface area (Å²) in [7, 11) is 1.58. The Kier molecular flexibility index (Phi) is 42.7. The van der Waals surface area contributed by atoms with Gasteiger partial charge in [0.1, 0.15) is 18.3 Å². The Morgan fingerprint density at radius 3 is 1.77 bits per heavy atom. The first-order valence-corrected chi connectivity index (χ1v) is 34.9. The van der Waals surface area contributed by atoms with Crippen molar-refractivity contribution < 1.29 is 28.7 Å². The van der Waals surface area contributed by atoms with Crippen molar-refractivity contribution in [2.24, 2.45) is 0 Å². The highest BCUT2D eigenvalue weighted by Gasteiger charge is 2.24. The largest absolute Gasteiger partial charge is 0.447 e. The molecule has 0 atom stereocenters. The summed E-state index contributed by atoms with van der Waals surface area (Å²) in [6.45, 7) is 33.4. The predicted octanol–water partition coefficient (Wildman–Crippen LogP) is 15.4. The van der Waals surface area contributed by atoms with Gasteiger partial charge in [-0.25, -0.2) is 4.79 Å². The van der Waals surface area contributed by atoms with Crippen LogP contribution in [0.5, 0.6) is 0 Å². The number of nitrogens with one attached hydrogen (secondary N) is 4. The first-order valence-electron chi connectivity index (χ1n) is 29.7. The van der Waals surface area contributed by atoms with Gasteiger partial charge in [-0.05, 0) is 148 Å². The molecule has 27 heteroatoms. The van der Waals surface area contributed by atoms with Crippen LogP contribution in [-0.2, 0) is 32.5 Å². The SMILES string of the molecule is C#CC(C)(C)NC(=O)c1cc(Cl)cc(Cl)c1.CC(C)OC(=O)Nc1cccc(Cl)c1.CCCCN(CC)C(=O)SCCC.CCc1cccc(CC)c1N(COC)C(=O)CCl.CSc1nc(NC(C)C)nc(NC(C)C)n1.CSc1nnc(C(C)(C)C)c(=O)n1N. The number of para-hydroxylation sites is 1. The Balaban J connectivity index is 0.00000107. The maximum absolute atomic E-state index is 12.0. The highest BCUT2D eigenvalue weighted by Crippen LogP contribution is 2.28. The van der Waals surface area contributed by atoms with Gasteiger partial charge in [-0.1, -0.05) is 155 Å². The molecule has 0 bridgehead atoms. The minimum atomic E-state index is -0.703. The number of terminal acetylenes is 1. The van der Waals surface area contributed by atoms with E-state index in [1.807, 2.05) is 57.0 Å². The monoisotopic (exact) mass is 1400 g/mol. The number of alkyl halides is 1. The van der Waals surface area contributed by atoms with Gasteiger partial charge in [0, 0.05) is 69.8 Å². The zero-order valence-electron chi connectivity index (χ0n) is 56.4. The number of halogens is 4. The number of unbranched alkanes of at least 4 members (excludes halogenated alkanes) is 1. The number of rotatable bonds is 22. The lowest BCUT2D eigenvalue weighted by molar-refractivity contribution is -0.117. The number of aromatic nitrogens is 6. The fraction of sp³-hybridized carbons (Fsp3) is 0.531. The molecule has 0 aliphatic heterocycles. The summed E-state index contributed by atoms with van der Waals surface area (Å²) in [6, 6.07) is 18.3. The van der Waals surface area contributed by atoms with Gasteiger partial charge >= 0.3 is 6.09 Å². The third-order valence-corrected chi connectivity index (χ3v) is 14.7. The van der Waals surface area contributed by atoms with Gasteiger partial charge in [0.2, 0.25) is 23.0 Å². The number of carbonyl (C=O) groups is 4. The van der Waals surface area contributed by atoms with Crippen molar-refractivity contribution in [2.75, 3.05) is 77.8 Å². The van der Waals surface area contributed by atoms with E-state index in [9.17, 15) is 24.0 Å². The fourth-order valence-electron chi connectivity index (χ4n) is 7.13. The first-order chi connectivity index (χ1) is 42.7. The van der Waals surface area contributed by atoms with Crippen LogP contribution in [0.25, 0.3) is 0 Å². The summed E-state index contributed by atoms with van der Waals surface area (Å²) >= 11 is 27.3. The summed E-state index contributed by atoms with van der Waals surface area (Å²) < 4.78 is 11.1. The number of amides is 4. The maximum Gasteiger partial charge on any atom is 0.411 e. The summed E-state index contributed by atoms with van der Waals surface area (Å²) in [5, 5.41) is 22.2. The number of nitrogen functional groups attached to an aromatic ring is 1. The fourth-order valence-corrected chi connectivity index (χ4v) is 9.52. The summed E-state index contributed by atoms with van der Waals surface area (Å²) in [5.74, 6) is 9.77. The molecule has 0 unspecified atom stereocenters. The second-order valence-electron chi connectivity index (χ2n) is 22.1. The van der Waals surface area contributed by atoms with Crippen LogP contribution in [0.4, 0.5) is 32.9 Å². The zero-order valence-corrected chi connectivity index (χ0v) is 61.9. The average Bonchev–Trinajstić information content (AvgIpc) is 1.15. The van der Waals surface area contributed by atoms with Crippen LogP contribution in [0, 0.1) is 12.3 Å². The van der Waals surface area contributed by atoms with Gasteiger partial charge in [-0.3, -0.25) is 29.4 Å². The average molecular weight is 1400 g/mol. The van der Waals surface area contributed by atoms with E-state index in [-0.39, 0.29) is 46.7 Å². The molecule has 0 saturated heterocycles. The first kappa shape index (κ1) is 85.3. The molecule has 0 aliphatic carbocycles. The van der Waals surface area contributed by atoms with E-state index in [0.717, 1.165) is 77.6 Å². The minimum absolute atomic E-state index is 0.0371. The van der Waals surface area contributed by atoms with Crippen LogP contribution in [0.15, 0.2) is 75.8 Å². The Morgan fingerprint density at radius 1 is 0.780 bits per heavy atom. The molecular formula is C64H97Cl4N13O7S3. The number of hydrogen-bond donors (Lipinski definition) is 5. The van der Waals surface area contributed by atoms with Crippen LogP contribution < -0.4 is 37.6 Å². The predicted molar refractivity (Wildman–Crippen MR) is 385 cm³/mol. The highest BCUT2D eigenvalue weighted by molar-refractivity contribution is 8.13. The van der Waals surface area contributed by atoms with E-state index in [0.29, 0.717) is 61.1 Å². The standard InChI is InChI=1S/C14H20ClNO2.C12H11Cl2NO.C10H12ClNO2.C10H19N5S.C10H21NOS.C8H14N4OS/c1-4-11-7-6-8-12(5-2)14(11)16(10-18-3)13(17)9-15;1-4-12(2,3)15-11(16)8-5-9(13)7-10(14)6-8;1-7(2)14-10(13)12-9-5-3-4-8(11)6-9;1-6(2)11-8-13-9(12-7(3)4)15-10(14-8)16-5;1-4-7-8-11(6-3)10(12)13-9-5-2;1-8(2,3)5-6(13)12(9)7(14-4)11-10-5/h6-8H,4-5,9-10H2,1-3H3;1,5-7H,2-3H3,(H,15,16);3-7H,1-2H3,(H,12,13);6-7H,1-5H3,(H2,11,12,13,14,15);4-9H2,1-3H3;9H2,1-4H3. The van der Waals surface area contributed by atoms with Gasteiger partial charge in [-0.15, -0.1) is 28.2 Å². The molecule has 2 aromatic heterocycles. The van der Waals surface area contributed by atoms with E-state index in [1.165, 1.54) is 47.4 Å². The Bertz CT molecular complexity index is 3040. The second kappa shape index (κ2) is 45.6. The normalized spacial score (nSPS) is 10.6. The molecule has 2 heterocycles. The van der Waals surface area contributed by atoms with Crippen molar-refractivity contribution in [1.82, 2.24) is 40.0 Å². The van der Waals surface area contributed by atoms with Crippen molar-refractivity contribution in [3.63, 3.8) is 0 Å². The Hall–Kier alpha value is -5.71. The summed E-state index contributed by atoms with van der Waals surface area (Å²) in [6.07, 6.45) is 13.5. The molecule has 0 radical (unpaired) electrons. The number of thioether (sulfide) groups is 3. The molecule has 6 N–H and O–H groups in total. The lowest BCUT2D eigenvalue weighted by Gasteiger charge is -2.26. The van der Waals surface area contributed by atoms with Gasteiger partial charge in [0.15, 0.2) is 5.16 Å². The number of aryl methyl sites for hydroxylation is 2. The number of hydrogen-bond acceptors (Lipinski definition) is 18. The zero-order chi connectivity index (χ0) is 69.6. The van der Waals surface area contributed by atoms with Gasteiger partial charge in [0.25, 0.3) is 16.7 Å². The second-order valence-corrected chi connectivity index (χ2v) is 26.2. The molecule has 5 aromatic rings. The van der Waals surface area contributed by atoms with Crippen molar-refractivity contribution in [1.29, 1.82) is 0 Å². The molecule has 3 aromatic carbocycles. The van der Waals surface area contributed by atoms with E-state index in [2.05, 4.69) is 108 Å². The van der Waals surface area contributed by atoms with Crippen LogP contribution in [-0.4, -0.2) is 133 Å². The third-order valence-electron chi connectivity index (χ3n) is 11.5. The van der Waals surface area contributed by atoms with Gasteiger partial charge < -0.3 is 36.2 Å². The number of nitrogens with zero attached hydrogens (tertiary/aromatic N) is 8. The maximum atomic E-state index is 12.0. The topological polar surface area (TPSA) is 254 Å². The number of methoxy groups -OCH3 is 1. The number of nitrogens with two attached hydrogens (primary N) is 1. The van der Waals surface area contributed by atoms with E-state index in [4.69, 9.17) is 68.1 Å². The molecule has 4 amide bonds. The lowest BCUT2D eigenvalue weighted by atomic mass is 9.93. The molecular weight excluding hydrogens is 1300 g/mol. The summed E-state index contributed by atoms with van der Waals surface area (Å²) in [4.78, 5) is 74.6. The molecule has 0 aliphatic rings. The minimum Gasteiger partial charge on any atom is -0.447 e. The van der Waals surface area contributed by atoms with Gasteiger partial charge in [0.05, 0.1) is 17.3 Å². The number of anilines is 4. The summed E-state index contributed by atoms with van der Waals surface area (Å²) in [5.41, 5.74) is 3.33. The van der Waals surface area contributed by atoms with Crippen molar-refractivity contribution in [3.05, 3.63) is 108 Å². The van der Waals surface area contributed by atoms with Crippen LogP contribution in [0.2, 0.25) is 15.1 Å². The highest BCUT2D eigenvalue weighted by atomic mass is 35.5. The third kappa shape index (κ3) is 34.7. The van der Waals surface area contributed by atoms with Crippen molar-refractivity contribution >= 4 is 128 Å². The lowest BCUT2D eigenvalue weighted by Crippen LogP contribution is -2.42. The molecule has 91 heavy (non-hydrogen) atoms. The smallest absolute Gasteiger partial charge is 0.411 e. The van der Waals surface area contributed by atoms with E-state index in [1.54, 1.807) is 76.3 Å². The van der Waals surface area contributed by atoms with Crippen LogP contribution in [0.1, 0.15) is 157 Å². The van der Waals surface area contributed by atoms with E-state index >= 15 is 0 Å².